The molecule has 1 fully saturated rings. The lowest BCUT2D eigenvalue weighted by molar-refractivity contribution is 0.100. The summed E-state index contributed by atoms with van der Waals surface area (Å²) in [4.78, 5) is 15.2. The molecular formula is C23H24FN5O2. The average molecular weight is 421 g/mol. The molecule has 0 radical (unpaired) electrons. The number of fused-ring (bicyclic) bond motifs is 2. The maximum absolute atomic E-state index is 13.4. The van der Waals surface area contributed by atoms with Crippen LogP contribution in [0, 0.1) is 17.7 Å². The molecule has 1 N–H and O–H groups in total. The lowest BCUT2D eigenvalue weighted by atomic mass is 9.89. The summed E-state index contributed by atoms with van der Waals surface area (Å²) in [5.41, 5.74) is 1.63. The fraction of sp³-hybridized carbons (Fsp3) is 0.348. The molecule has 5 rings (SSSR count). The van der Waals surface area contributed by atoms with Gasteiger partial charge in [0, 0.05) is 38.3 Å². The summed E-state index contributed by atoms with van der Waals surface area (Å²) in [6.07, 6.45) is 0.805. The Balaban J connectivity index is 1.27. The summed E-state index contributed by atoms with van der Waals surface area (Å²) in [5.74, 6) is 2.17. The number of ether oxygens (including phenoxy) is 1. The molecule has 2 atom stereocenters. The SMILES string of the molecule is COc1cccc(CN2C[C@H]3Cc4nnc(C(=O)Nc5cccc(F)c5)n4C[C@@H]3C2)c1. The minimum absolute atomic E-state index is 0.281. The molecule has 2 aliphatic heterocycles. The van der Waals surface area contributed by atoms with Gasteiger partial charge in [0.05, 0.1) is 7.11 Å². The zero-order chi connectivity index (χ0) is 21.4. The summed E-state index contributed by atoms with van der Waals surface area (Å²) < 4.78 is 20.7. The second-order valence-corrected chi connectivity index (χ2v) is 8.28. The summed E-state index contributed by atoms with van der Waals surface area (Å²) in [6.45, 7) is 3.55. The van der Waals surface area contributed by atoms with Crippen LogP contribution in [0.4, 0.5) is 10.1 Å². The number of anilines is 1. The number of rotatable bonds is 5. The molecule has 3 heterocycles. The second kappa shape index (κ2) is 8.11. The van der Waals surface area contributed by atoms with Crippen LogP contribution < -0.4 is 10.1 Å². The molecule has 0 bridgehead atoms. The molecule has 1 aromatic heterocycles. The van der Waals surface area contributed by atoms with Crippen molar-refractivity contribution in [3.63, 3.8) is 0 Å². The van der Waals surface area contributed by atoms with Gasteiger partial charge in [0.15, 0.2) is 0 Å². The van der Waals surface area contributed by atoms with Crippen molar-refractivity contribution in [2.75, 3.05) is 25.5 Å². The van der Waals surface area contributed by atoms with E-state index in [1.54, 1.807) is 19.2 Å². The van der Waals surface area contributed by atoms with E-state index in [4.69, 9.17) is 4.74 Å². The number of benzene rings is 2. The van der Waals surface area contributed by atoms with Crippen LogP contribution in [0.25, 0.3) is 0 Å². The van der Waals surface area contributed by atoms with Crippen LogP contribution in [0.5, 0.6) is 5.75 Å². The molecule has 31 heavy (non-hydrogen) atoms. The van der Waals surface area contributed by atoms with Gasteiger partial charge in [-0.2, -0.15) is 0 Å². The third-order valence-corrected chi connectivity index (χ3v) is 6.17. The first-order chi connectivity index (χ1) is 15.1. The predicted molar refractivity (Wildman–Crippen MR) is 113 cm³/mol. The molecule has 0 spiro atoms. The third-order valence-electron chi connectivity index (χ3n) is 6.17. The van der Waals surface area contributed by atoms with E-state index in [0.29, 0.717) is 24.1 Å². The maximum atomic E-state index is 13.4. The van der Waals surface area contributed by atoms with Gasteiger partial charge in [0.25, 0.3) is 5.91 Å². The highest BCUT2D eigenvalue weighted by Gasteiger charge is 2.39. The van der Waals surface area contributed by atoms with Crippen molar-refractivity contribution in [1.82, 2.24) is 19.7 Å². The van der Waals surface area contributed by atoms with Gasteiger partial charge in [-0.25, -0.2) is 4.39 Å². The first-order valence-corrected chi connectivity index (χ1v) is 10.4. The fourth-order valence-electron chi connectivity index (χ4n) is 4.70. The maximum Gasteiger partial charge on any atom is 0.293 e. The van der Waals surface area contributed by atoms with E-state index >= 15 is 0 Å². The minimum Gasteiger partial charge on any atom is -0.497 e. The molecule has 160 valence electrons. The van der Waals surface area contributed by atoms with Gasteiger partial charge >= 0.3 is 0 Å². The van der Waals surface area contributed by atoms with Crippen molar-refractivity contribution in [2.24, 2.45) is 11.8 Å². The van der Waals surface area contributed by atoms with Gasteiger partial charge < -0.3 is 14.6 Å². The van der Waals surface area contributed by atoms with Crippen LogP contribution >= 0.6 is 0 Å². The highest BCUT2D eigenvalue weighted by molar-refractivity contribution is 6.01. The van der Waals surface area contributed by atoms with Crippen LogP contribution in [0.1, 0.15) is 22.0 Å². The zero-order valence-electron chi connectivity index (χ0n) is 17.3. The van der Waals surface area contributed by atoms with E-state index in [0.717, 1.165) is 37.6 Å². The third kappa shape index (κ3) is 4.03. The molecule has 8 heteroatoms. The lowest BCUT2D eigenvalue weighted by Gasteiger charge is -2.25. The first kappa shape index (κ1) is 19.7. The fourth-order valence-corrected chi connectivity index (χ4v) is 4.70. The number of hydrogen-bond donors (Lipinski definition) is 1. The number of nitrogens with one attached hydrogen (secondary N) is 1. The van der Waals surface area contributed by atoms with Gasteiger partial charge in [-0.1, -0.05) is 18.2 Å². The molecule has 1 amide bonds. The summed E-state index contributed by atoms with van der Waals surface area (Å²) in [7, 11) is 1.68. The number of halogens is 1. The van der Waals surface area contributed by atoms with Gasteiger partial charge in [0.1, 0.15) is 17.4 Å². The van der Waals surface area contributed by atoms with Crippen molar-refractivity contribution in [1.29, 1.82) is 0 Å². The van der Waals surface area contributed by atoms with Crippen molar-refractivity contribution in [3.8, 4) is 5.75 Å². The number of methoxy groups -OCH3 is 1. The molecule has 0 saturated carbocycles. The summed E-state index contributed by atoms with van der Waals surface area (Å²) in [5, 5.41) is 11.1. The summed E-state index contributed by atoms with van der Waals surface area (Å²) >= 11 is 0. The van der Waals surface area contributed by atoms with E-state index in [1.807, 2.05) is 16.7 Å². The molecule has 0 aliphatic carbocycles. The van der Waals surface area contributed by atoms with Gasteiger partial charge in [-0.05, 0) is 47.7 Å². The normalized spacial score (nSPS) is 20.2. The molecule has 1 saturated heterocycles. The van der Waals surface area contributed by atoms with Crippen LogP contribution in [-0.2, 0) is 19.5 Å². The van der Waals surface area contributed by atoms with Gasteiger partial charge in [-0.3, -0.25) is 9.69 Å². The standard InChI is InChI=1S/C23H24FN5O2/c1-31-20-7-2-4-15(8-20)11-28-12-16-9-21-26-27-22(29(21)14-17(16)13-28)23(30)25-19-6-3-5-18(24)10-19/h2-8,10,16-17H,9,11-14H2,1H3,(H,25,30)/t16-,17+/m1/s1. The smallest absolute Gasteiger partial charge is 0.293 e. The van der Waals surface area contributed by atoms with E-state index < -0.39 is 5.82 Å². The lowest BCUT2D eigenvalue weighted by Crippen LogP contribution is -2.31. The number of likely N-dealkylation sites (tertiary alicyclic amines) is 1. The van der Waals surface area contributed by atoms with Gasteiger partial charge in [0.2, 0.25) is 5.82 Å². The minimum atomic E-state index is -0.397. The highest BCUT2D eigenvalue weighted by atomic mass is 19.1. The number of amides is 1. The van der Waals surface area contributed by atoms with Crippen LogP contribution in [0.3, 0.4) is 0 Å². The van der Waals surface area contributed by atoms with Crippen molar-refractivity contribution >= 4 is 11.6 Å². The number of nitrogens with zero attached hydrogens (tertiary/aromatic N) is 4. The topological polar surface area (TPSA) is 72.3 Å². The monoisotopic (exact) mass is 421 g/mol. The van der Waals surface area contributed by atoms with Crippen LogP contribution in [0.2, 0.25) is 0 Å². The Morgan fingerprint density at radius 3 is 2.81 bits per heavy atom. The van der Waals surface area contributed by atoms with E-state index in [2.05, 4.69) is 32.5 Å². The Morgan fingerprint density at radius 1 is 1.13 bits per heavy atom. The largest absolute Gasteiger partial charge is 0.497 e. The van der Waals surface area contributed by atoms with Gasteiger partial charge in [-0.15, -0.1) is 10.2 Å². The predicted octanol–water partition coefficient (Wildman–Crippen LogP) is 2.98. The van der Waals surface area contributed by atoms with E-state index in [-0.39, 0.29) is 11.7 Å². The first-order valence-electron chi connectivity index (χ1n) is 10.4. The molecule has 3 aromatic rings. The Labute approximate surface area is 179 Å². The number of aromatic nitrogens is 3. The average Bonchev–Trinajstić information content (AvgIpc) is 3.34. The van der Waals surface area contributed by atoms with E-state index in [1.165, 1.54) is 17.7 Å². The molecular weight excluding hydrogens is 397 g/mol. The summed E-state index contributed by atoms with van der Waals surface area (Å²) in [6, 6.07) is 14.0. The Bertz CT molecular complexity index is 1110. The molecule has 7 nitrogen and oxygen atoms in total. The molecule has 2 aromatic carbocycles. The van der Waals surface area contributed by atoms with Crippen molar-refractivity contribution in [3.05, 3.63) is 71.6 Å². The Kier molecular flexibility index (Phi) is 5.15. The number of carbonyl (C=O) groups is 1. The molecule has 0 unspecified atom stereocenters. The van der Waals surface area contributed by atoms with Crippen LogP contribution in [0.15, 0.2) is 48.5 Å². The van der Waals surface area contributed by atoms with Crippen molar-refractivity contribution in [2.45, 2.75) is 19.5 Å². The quantitative estimate of drug-likeness (QED) is 0.686. The van der Waals surface area contributed by atoms with E-state index in [9.17, 15) is 9.18 Å². The van der Waals surface area contributed by atoms with Crippen molar-refractivity contribution < 1.29 is 13.9 Å². The number of hydrogen-bond acceptors (Lipinski definition) is 5. The molecule has 2 aliphatic rings. The zero-order valence-corrected chi connectivity index (χ0v) is 17.3. The van der Waals surface area contributed by atoms with Crippen LogP contribution in [-0.4, -0.2) is 45.8 Å². The Morgan fingerprint density at radius 2 is 1.97 bits per heavy atom. The number of carbonyl (C=O) groups excluding carboxylic acids is 1. The Hall–Kier alpha value is -3.26. The second-order valence-electron chi connectivity index (χ2n) is 8.28. The highest BCUT2D eigenvalue weighted by Crippen LogP contribution is 2.33.